The second kappa shape index (κ2) is 8.20. The Labute approximate surface area is 169 Å². The van der Waals surface area contributed by atoms with Crippen LogP contribution < -0.4 is 10.1 Å². The first-order chi connectivity index (χ1) is 12.5. The highest BCUT2D eigenvalue weighted by Gasteiger charge is 2.13. The molecule has 0 saturated heterocycles. The van der Waals surface area contributed by atoms with Crippen molar-refractivity contribution in [1.29, 1.82) is 0 Å². The molecule has 0 unspecified atom stereocenters. The number of nitrogens with one attached hydrogen (secondary N) is 1. The second-order valence-electron chi connectivity index (χ2n) is 5.69. The molecule has 4 nitrogen and oxygen atoms in total. The number of benzene rings is 2. The van der Waals surface area contributed by atoms with Gasteiger partial charge in [-0.3, -0.25) is 10.1 Å². The third-order valence-electron chi connectivity index (χ3n) is 3.75. The molecule has 7 heteroatoms. The number of aryl methyl sites for hydroxylation is 1. The van der Waals surface area contributed by atoms with E-state index in [4.69, 9.17) is 16.3 Å². The van der Waals surface area contributed by atoms with Crippen LogP contribution in [0.4, 0.5) is 5.13 Å². The zero-order valence-electron chi connectivity index (χ0n) is 14.2. The molecule has 1 aromatic heterocycles. The number of anilines is 1. The van der Waals surface area contributed by atoms with Gasteiger partial charge in [0.15, 0.2) is 11.7 Å². The lowest BCUT2D eigenvalue weighted by molar-refractivity contribution is -0.118. The Balaban J connectivity index is 1.63. The van der Waals surface area contributed by atoms with Crippen molar-refractivity contribution in [2.24, 2.45) is 0 Å². The van der Waals surface area contributed by atoms with E-state index in [9.17, 15) is 4.79 Å². The minimum Gasteiger partial charge on any atom is -0.483 e. The number of amides is 1. The molecule has 1 amide bonds. The Morgan fingerprint density at radius 2 is 2.04 bits per heavy atom. The zero-order valence-corrected chi connectivity index (χ0v) is 17.3. The highest BCUT2D eigenvalue weighted by atomic mass is 79.9. The average Bonchev–Trinajstić information content (AvgIpc) is 3.11. The first kappa shape index (κ1) is 18.9. The Hall–Kier alpha value is -1.89. The Morgan fingerprint density at radius 3 is 2.77 bits per heavy atom. The van der Waals surface area contributed by atoms with Gasteiger partial charge in [0.1, 0.15) is 5.75 Å². The van der Waals surface area contributed by atoms with Gasteiger partial charge in [-0.2, -0.15) is 0 Å². The van der Waals surface area contributed by atoms with Gasteiger partial charge in [-0.05, 0) is 47.0 Å². The van der Waals surface area contributed by atoms with Crippen LogP contribution in [0, 0.1) is 13.8 Å². The zero-order chi connectivity index (χ0) is 18.7. The smallest absolute Gasteiger partial charge is 0.264 e. The third-order valence-corrected chi connectivity index (χ3v) is 6.07. The fourth-order valence-corrected chi connectivity index (χ4v) is 3.80. The number of nitrogens with zero attached hydrogens (tertiary/aromatic N) is 1. The summed E-state index contributed by atoms with van der Waals surface area (Å²) in [5.41, 5.74) is 3.62. The highest BCUT2D eigenvalue weighted by molar-refractivity contribution is 9.10. The lowest BCUT2D eigenvalue weighted by atomic mass is 10.1. The fourth-order valence-electron chi connectivity index (χ4n) is 2.38. The summed E-state index contributed by atoms with van der Waals surface area (Å²) in [5, 5.41) is 5.90. The van der Waals surface area contributed by atoms with Gasteiger partial charge in [0, 0.05) is 16.0 Å². The molecule has 0 spiro atoms. The molecule has 26 heavy (non-hydrogen) atoms. The van der Waals surface area contributed by atoms with Crippen LogP contribution in [0.15, 0.2) is 46.3 Å². The number of ether oxygens (including phenoxy) is 1. The standard InChI is InChI=1S/C19H16BrClN2O2S/c1-11-8-15(17(20)12(2)18(11)21)25-9-16(24)23-19-22-14(10-26-19)13-6-4-3-5-7-13/h3-8,10H,9H2,1-2H3,(H,22,23,24). The molecular formula is C19H16BrClN2O2S. The molecule has 0 aliphatic heterocycles. The van der Waals surface area contributed by atoms with Crippen molar-refractivity contribution < 1.29 is 9.53 Å². The SMILES string of the molecule is Cc1cc(OCC(=O)Nc2nc(-c3ccccc3)cs2)c(Br)c(C)c1Cl. The number of hydrogen-bond acceptors (Lipinski definition) is 4. The van der Waals surface area contributed by atoms with Gasteiger partial charge in [-0.1, -0.05) is 41.9 Å². The van der Waals surface area contributed by atoms with Crippen molar-refractivity contribution in [2.45, 2.75) is 13.8 Å². The highest BCUT2D eigenvalue weighted by Crippen LogP contribution is 2.35. The molecule has 0 saturated carbocycles. The maximum atomic E-state index is 12.2. The third kappa shape index (κ3) is 4.26. The Morgan fingerprint density at radius 1 is 1.31 bits per heavy atom. The lowest BCUT2D eigenvalue weighted by Gasteiger charge is -2.12. The van der Waals surface area contributed by atoms with Gasteiger partial charge in [0.25, 0.3) is 5.91 Å². The first-order valence-electron chi connectivity index (χ1n) is 7.84. The molecular weight excluding hydrogens is 436 g/mol. The van der Waals surface area contributed by atoms with Crippen LogP contribution in [0.3, 0.4) is 0 Å². The maximum Gasteiger partial charge on any atom is 0.264 e. The predicted octanol–water partition coefficient (Wildman–Crippen LogP) is 5.86. The van der Waals surface area contributed by atoms with Crippen LogP contribution in [0.25, 0.3) is 11.3 Å². The van der Waals surface area contributed by atoms with Gasteiger partial charge >= 0.3 is 0 Å². The van der Waals surface area contributed by atoms with Crippen molar-refractivity contribution in [2.75, 3.05) is 11.9 Å². The molecule has 3 aromatic rings. The summed E-state index contributed by atoms with van der Waals surface area (Å²) in [4.78, 5) is 16.6. The van der Waals surface area contributed by atoms with E-state index < -0.39 is 0 Å². The Kier molecular flexibility index (Phi) is 5.96. The molecule has 1 heterocycles. The number of aromatic nitrogens is 1. The number of carbonyl (C=O) groups excluding carboxylic acids is 1. The summed E-state index contributed by atoms with van der Waals surface area (Å²) < 4.78 is 6.39. The molecule has 0 aliphatic rings. The first-order valence-corrected chi connectivity index (χ1v) is 9.89. The van der Waals surface area contributed by atoms with Crippen LogP contribution in [0.1, 0.15) is 11.1 Å². The summed E-state index contributed by atoms with van der Waals surface area (Å²) in [7, 11) is 0. The van der Waals surface area contributed by atoms with E-state index in [1.807, 2.05) is 55.6 Å². The van der Waals surface area contributed by atoms with Gasteiger partial charge in [0.2, 0.25) is 0 Å². The molecule has 0 bridgehead atoms. The van der Waals surface area contributed by atoms with E-state index in [-0.39, 0.29) is 12.5 Å². The minimum absolute atomic E-state index is 0.112. The minimum atomic E-state index is -0.267. The number of hydrogen-bond donors (Lipinski definition) is 1. The van der Waals surface area contributed by atoms with Crippen molar-refractivity contribution in [3.63, 3.8) is 0 Å². The van der Waals surface area contributed by atoms with Crippen molar-refractivity contribution in [3.05, 3.63) is 62.4 Å². The van der Waals surface area contributed by atoms with Crippen LogP contribution >= 0.6 is 38.9 Å². The molecule has 3 rings (SSSR count). The van der Waals surface area contributed by atoms with E-state index in [2.05, 4.69) is 26.2 Å². The monoisotopic (exact) mass is 450 g/mol. The van der Waals surface area contributed by atoms with Gasteiger partial charge in [0.05, 0.1) is 10.2 Å². The van der Waals surface area contributed by atoms with Gasteiger partial charge in [-0.25, -0.2) is 4.98 Å². The average molecular weight is 452 g/mol. The fraction of sp³-hybridized carbons (Fsp3) is 0.158. The maximum absolute atomic E-state index is 12.2. The van der Waals surface area contributed by atoms with Crippen molar-refractivity contribution >= 4 is 49.9 Å². The van der Waals surface area contributed by atoms with E-state index >= 15 is 0 Å². The molecule has 0 fully saturated rings. The lowest BCUT2D eigenvalue weighted by Crippen LogP contribution is -2.20. The largest absolute Gasteiger partial charge is 0.483 e. The summed E-state index contributed by atoms with van der Waals surface area (Å²) >= 11 is 11.0. The second-order valence-corrected chi connectivity index (χ2v) is 7.71. The van der Waals surface area contributed by atoms with E-state index in [1.54, 1.807) is 0 Å². The molecule has 2 aromatic carbocycles. The molecule has 134 valence electrons. The normalized spacial score (nSPS) is 10.6. The number of halogens is 2. The summed E-state index contributed by atoms with van der Waals surface area (Å²) in [6.07, 6.45) is 0. The number of thiazole rings is 1. The molecule has 0 atom stereocenters. The van der Waals surface area contributed by atoms with Crippen molar-refractivity contribution in [1.82, 2.24) is 4.98 Å². The van der Waals surface area contributed by atoms with Gasteiger partial charge < -0.3 is 4.74 Å². The van der Waals surface area contributed by atoms with Gasteiger partial charge in [-0.15, -0.1) is 11.3 Å². The van der Waals surface area contributed by atoms with E-state index in [0.717, 1.165) is 26.9 Å². The predicted molar refractivity (Wildman–Crippen MR) is 110 cm³/mol. The van der Waals surface area contributed by atoms with Crippen LogP contribution in [-0.4, -0.2) is 17.5 Å². The Bertz CT molecular complexity index is 944. The van der Waals surface area contributed by atoms with E-state index in [0.29, 0.717) is 15.9 Å². The molecule has 1 N–H and O–H groups in total. The summed E-state index contributed by atoms with van der Waals surface area (Å²) in [6.45, 7) is 3.68. The van der Waals surface area contributed by atoms with Crippen LogP contribution in [-0.2, 0) is 4.79 Å². The topological polar surface area (TPSA) is 51.2 Å². The van der Waals surface area contributed by atoms with Crippen molar-refractivity contribution in [3.8, 4) is 17.0 Å². The van der Waals surface area contributed by atoms with Crippen LogP contribution in [0.5, 0.6) is 5.75 Å². The quantitative estimate of drug-likeness (QED) is 0.528. The summed E-state index contributed by atoms with van der Waals surface area (Å²) in [5.74, 6) is 0.319. The molecule has 0 radical (unpaired) electrons. The van der Waals surface area contributed by atoms with Crippen LogP contribution in [0.2, 0.25) is 5.02 Å². The molecule has 0 aliphatic carbocycles. The van der Waals surface area contributed by atoms with E-state index in [1.165, 1.54) is 11.3 Å². The summed E-state index contributed by atoms with van der Waals surface area (Å²) in [6, 6.07) is 11.6. The number of carbonyl (C=O) groups is 1. The number of rotatable bonds is 5.